The van der Waals surface area contributed by atoms with Gasteiger partial charge in [0.05, 0.1) is 18.6 Å². The van der Waals surface area contributed by atoms with E-state index in [2.05, 4.69) is 53.5 Å². The van der Waals surface area contributed by atoms with Gasteiger partial charge in [0.1, 0.15) is 11.5 Å². The van der Waals surface area contributed by atoms with Crippen molar-refractivity contribution >= 4 is 12.2 Å². The zero-order valence-corrected chi connectivity index (χ0v) is 15.8. The summed E-state index contributed by atoms with van der Waals surface area (Å²) in [5, 5.41) is 0. The first-order chi connectivity index (χ1) is 13.9. The molecule has 0 radical (unpaired) electrons. The second kappa shape index (κ2) is 7.43. The molecule has 1 fully saturated rings. The second-order valence-corrected chi connectivity index (χ2v) is 7.34. The van der Waals surface area contributed by atoms with Gasteiger partial charge >= 0.3 is 0 Å². The van der Waals surface area contributed by atoms with Crippen molar-refractivity contribution in [1.82, 2.24) is 4.90 Å². The van der Waals surface area contributed by atoms with Crippen molar-refractivity contribution in [1.29, 1.82) is 0 Å². The van der Waals surface area contributed by atoms with Crippen LogP contribution in [0.3, 0.4) is 0 Å². The van der Waals surface area contributed by atoms with Crippen molar-refractivity contribution in [2.24, 2.45) is 0 Å². The number of piperidine rings is 1. The molecule has 0 aliphatic carbocycles. The summed E-state index contributed by atoms with van der Waals surface area (Å²) in [6.45, 7) is 1.04. The standard InChI is InChI=1S/C25H23NO2/c1-3-10-24-20(7-1)17-19(12-15-27-24)23-9-5-6-14-26(23)22-13-16-28-25-11-4-2-8-21(25)18-22/h1-4,7-8,10-13,15-18,23H,5-6,9,14H2. The maximum Gasteiger partial charge on any atom is 0.133 e. The fourth-order valence-electron chi connectivity index (χ4n) is 4.19. The maximum absolute atomic E-state index is 5.82. The van der Waals surface area contributed by atoms with Crippen LogP contribution in [0.15, 0.2) is 84.5 Å². The van der Waals surface area contributed by atoms with Crippen LogP contribution in [-0.2, 0) is 0 Å². The Morgan fingerprint density at radius 1 is 0.750 bits per heavy atom. The zero-order valence-electron chi connectivity index (χ0n) is 15.8. The third-order valence-electron chi connectivity index (χ3n) is 5.57. The number of likely N-dealkylation sites (tertiary alicyclic amines) is 1. The van der Waals surface area contributed by atoms with Gasteiger partial charge in [-0.25, -0.2) is 0 Å². The molecular weight excluding hydrogens is 346 g/mol. The van der Waals surface area contributed by atoms with Gasteiger partial charge in [-0.15, -0.1) is 0 Å². The highest BCUT2D eigenvalue weighted by Crippen LogP contribution is 2.34. The average Bonchev–Trinajstić information content (AvgIpc) is 3.09. The van der Waals surface area contributed by atoms with E-state index in [1.165, 1.54) is 24.1 Å². The summed E-state index contributed by atoms with van der Waals surface area (Å²) in [4.78, 5) is 2.51. The lowest BCUT2D eigenvalue weighted by Gasteiger charge is -2.39. The van der Waals surface area contributed by atoms with Gasteiger partial charge in [0.2, 0.25) is 0 Å². The Morgan fingerprint density at radius 3 is 2.21 bits per heavy atom. The fraction of sp³-hybridized carbons (Fsp3) is 0.200. The zero-order chi connectivity index (χ0) is 18.8. The van der Waals surface area contributed by atoms with Gasteiger partial charge in [-0.05, 0) is 61.3 Å². The van der Waals surface area contributed by atoms with Crippen molar-refractivity contribution in [3.8, 4) is 11.5 Å². The Labute approximate surface area is 165 Å². The van der Waals surface area contributed by atoms with Crippen molar-refractivity contribution < 1.29 is 9.47 Å². The van der Waals surface area contributed by atoms with E-state index < -0.39 is 0 Å². The molecule has 1 atom stereocenters. The molecule has 3 aliphatic heterocycles. The summed E-state index contributed by atoms with van der Waals surface area (Å²) in [6, 6.07) is 16.7. The first-order valence-electron chi connectivity index (χ1n) is 9.93. The highest BCUT2D eigenvalue weighted by atomic mass is 16.5. The third-order valence-corrected chi connectivity index (χ3v) is 5.57. The van der Waals surface area contributed by atoms with E-state index in [-0.39, 0.29) is 0 Å². The van der Waals surface area contributed by atoms with Crippen LogP contribution >= 0.6 is 0 Å². The normalized spacial score (nSPS) is 20.6. The summed E-state index contributed by atoms with van der Waals surface area (Å²) >= 11 is 0. The van der Waals surface area contributed by atoms with Crippen molar-refractivity contribution in [2.45, 2.75) is 25.3 Å². The summed E-state index contributed by atoms with van der Waals surface area (Å²) in [5.74, 6) is 1.81. The van der Waals surface area contributed by atoms with Crippen LogP contribution in [-0.4, -0.2) is 17.5 Å². The van der Waals surface area contributed by atoms with Crippen molar-refractivity contribution in [3.05, 3.63) is 95.6 Å². The molecule has 2 aromatic rings. The van der Waals surface area contributed by atoms with E-state index in [4.69, 9.17) is 9.47 Å². The number of hydrogen-bond donors (Lipinski definition) is 0. The Kier molecular flexibility index (Phi) is 4.50. The van der Waals surface area contributed by atoms with Crippen LogP contribution in [0.4, 0.5) is 0 Å². The minimum absolute atomic E-state index is 0.320. The Balaban J connectivity index is 1.53. The van der Waals surface area contributed by atoms with E-state index in [0.29, 0.717) is 6.04 Å². The van der Waals surface area contributed by atoms with Gasteiger partial charge in [-0.2, -0.15) is 0 Å². The summed E-state index contributed by atoms with van der Waals surface area (Å²) < 4.78 is 11.6. The van der Waals surface area contributed by atoms with E-state index in [1.807, 2.05) is 30.5 Å². The highest BCUT2D eigenvalue weighted by Gasteiger charge is 2.27. The van der Waals surface area contributed by atoms with Gasteiger partial charge in [-0.3, -0.25) is 0 Å². The predicted octanol–water partition coefficient (Wildman–Crippen LogP) is 5.78. The van der Waals surface area contributed by atoms with Crippen LogP contribution in [0.1, 0.15) is 30.4 Å². The van der Waals surface area contributed by atoms with Gasteiger partial charge < -0.3 is 14.4 Å². The van der Waals surface area contributed by atoms with Gasteiger partial charge in [-0.1, -0.05) is 36.4 Å². The van der Waals surface area contributed by atoms with E-state index in [9.17, 15) is 0 Å². The molecular formula is C25H23NO2. The Bertz CT molecular complexity index is 918. The highest BCUT2D eigenvalue weighted by molar-refractivity contribution is 5.66. The predicted molar refractivity (Wildman–Crippen MR) is 113 cm³/mol. The number of hydrogen-bond acceptors (Lipinski definition) is 3. The van der Waals surface area contributed by atoms with Crippen LogP contribution < -0.4 is 9.47 Å². The van der Waals surface area contributed by atoms with Crippen LogP contribution in [0.5, 0.6) is 11.5 Å². The number of ether oxygens (including phenoxy) is 2. The summed E-state index contributed by atoms with van der Waals surface area (Å²) in [5.41, 5.74) is 4.73. The molecule has 0 N–H and O–H groups in total. The van der Waals surface area contributed by atoms with Gasteiger partial charge in [0, 0.05) is 23.4 Å². The quantitative estimate of drug-likeness (QED) is 0.670. The molecule has 0 amide bonds. The summed E-state index contributed by atoms with van der Waals surface area (Å²) in [7, 11) is 0. The monoisotopic (exact) mass is 369 g/mol. The van der Waals surface area contributed by atoms with E-state index in [0.717, 1.165) is 35.6 Å². The molecule has 0 spiro atoms. The number of nitrogens with zero attached hydrogens (tertiary/aromatic N) is 1. The number of rotatable bonds is 2. The third kappa shape index (κ3) is 3.24. The maximum atomic E-state index is 5.82. The van der Waals surface area contributed by atoms with E-state index >= 15 is 0 Å². The molecule has 3 aliphatic rings. The lowest BCUT2D eigenvalue weighted by Crippen LogP contribution is -2.39. The number of fused-ring (bicyclic) bond motifs is 2. The molecule has 0 bridgehead atoms. The molecule has 0 aromatic heterocycles. The first kappa shape index (κ1) is 16.9. The fourth-order valence-corrected chi connectivity index (χ4v) is 4.19. The van der Waals surface area contributed by atoms with Crippen LogP contribution in [0, 0.1) is 0 Å². The molecule has 140 valence electrons. The minimum atomic E-state index is 0.320. The lowest BCUT2D eigenvalue weighted by atomic mass is 9.92. The Morgan fingerprint density at radius 2 is 1.43 bits per heavy atom. The van der Waals surface area contributed by atoms with Gasteiger partial charge in [0.25, 0.3) is 0 Å². The molecule has 2 aromatic carbocycles. The molecule has 0 saturated carbocycles. The molecule has 3 nitrogen and oxygen atoms in total. The SMILES string of the molecule is C1=CC(C2CCCCN2C2=Cc3ccccc3OC=C2)=Cc2ccccc2O1. The molecule has 5 rings (SSSR count). The molecule has 28 heavy (non-hydrogen) atoms. The molecule has 1 saturated heterocycles. The second-order valence-electron chi connectivity index (χ2n) is 7.34. The number of para-hydroxylation sites is 2. The van der Waals surface area contributed by atoms with Gasteiger partial charge in [0.15, 0.2) is 0 Å². The summed E-state index contributed by atoms with van der Waals surface area (Å²) in [6.07, 6.45) is 15.9. The first-order valence-corrected chi connectivity index (χ1v) is 9.93. The molecule has 1 unspecified atom stereocenters. The van der Waals surface area contributed by atoms with Crippen LogP contribution in [0.2, 0.25) is 0 Å². The smallest absolute Gasteiger partial charge is 0.133 e. The van der Waals surface area contributed by atoms with Crippen molar-refractivity contribution in [2.75, 3.05) is 6.54 Å². The average molecular weight is 369 g/mol. The topological polar surface area (TPSA) is 21.7 Å². The Hall–Kier alpha value is -3.20. The number of benzene rings is 2. The largest absolute Gasteiger partial charge is 0.464 e. The van der Waals surface area contributed by atoms with Crippen LogP contribution in [0.25, 0.3) is 12.2 Å². The number of allylic oxidation sites excluding steroid dienone is 1. The van der Waals surface area contributed by atoms with E-state index in [1.54, 1.807) is 6.26 Å². The molecule has 3 heteroatoms. The lowest BCUT2D eigenvalue weighted by molar-refractivity contribution is 0.232. The van der Waals surface area contributed by atoms with Crippen molar-refractivity contribution in [3.63, 3.8) is 0 Å². The molecule has 3 heterocycles. The minimum Gasteiger partial charge on any atom is -0.464 e.